The highest BCUT2D eigenvalue weighted by molar-refractivity contribution is 5.97. The highest BCUT2D eigenvalue weighted by Crippen LogP contribution is 2.14. The number of carbonyl (C=O) groups excluding carboxylic acids is 1. The van der Waals surface area contributed by atoms with Crippen LogP contribution in [-0.4, -0.2) is 10.9 Å². The van der Waals surface area contributed by atoms with Gasteiger partial charge in [0.05, 0.1) is 6.54 Å². The van der Waals surface area contributed by atoms with Crippen LogP contribution >= 0.6 is 0 Å². The normalized spacial score (nSPS) is 10.6. The smallest absolute Gasteiger partial charge is 0.258 e. The molecule has 0 saturated heterocycles. The Labute approximate surface area is 116 Å². The Morgan fingerprint density at radius 2 is 1.55 bits per heavy atom. The summed E-state index contributed by atoms with van der Waals surface area (Å²) in [7, 11) is 0. The number of fused-ring (bicyclic) bond motifs is 1. The van der Waals surface area contributed by atoms with E-state index in [1.807, 2.05) is 42.5 Å². The zero-order valence-corrected chi connectivity index (χ0v) is 10.8. The Kier molecular flexibility index (Phi) is 3.17. The summed E-state index contributed by atoms with van der Waals surface area (Å²) in [6, 6.07) is 16.9. The highest BCUT2D eigenvalue weighted by Gasteiger charge is 2.08. The van der Waals surface area contributed by atoms with Crippen molar-refractivity contribution in [2.75, 3.05) is 0 Å². The summed E-state index contributed by atoms with van der Waals surface area (Å²) in [5, 5.41) is 1.28. The number of rotatable bonds is 3. The lowest BCUT2D eigenvalue weighted by molar-refractivity contribution is 0.112. The van der Waals surface area contributed by atoms with E-state index in [4.69, 9.17) is 0 Å². The third-order valence-corrected chi connectivity index (χ3v) is 3.35. The topological polar surface area (TPSA) is 39.1 Å². The molecule has 1 aromatic heterocycles. The van der Waals surface area contributed by atoms with Crippen LogP contribution in [-0.2, 0) is 6.54 Å². The summed E-state index contributed by atoms with van der Waals surface area (Å²) < 4.78 is 1.58. The second-order valence-corrected chi connectivity index (χ2v) is 4.67. The van der Waals surface area contributed by atoms with Crippen molar-refractivity contribution in [2.24, 2.45) is 0 Å². The standard InChI is InChI=1S/C17H13NO2/c19-12-14-11-18(10-13-6-2-1-3-7-13)17(20)16-9-5-4-8-15(14)16/h1-9,11-12H,10H2. The number of hydrogen-bond acceptors (Lipinski definition) is 2. The van der Waals surface area contributed by atoms with Gasteiger partial charge < -0.3 is 4.57 Å². The molecule has 20 heavy (non-hydrogen) atoms. The zero-order valence-electron chi connectivity index (χ0n) is 10.8. The molecular weight excluding hydrogens is 250 g/mol. The summed E-state index contributed by atoms with van der Waals surface area (Å²) in [5.74, 6) is 0. The van der Waals surface area contributed by atoms with Crippen LogP contribution in [0, 0.1) is 0 Å². The minimum Gasteiger partial charge on any atom is -0.310 e. The van der Waals surface area contributed by atoms with Gasteiger partial charge in [0.1, 0.15) is 0 Å². The lowest BCUT2D eigenvalue weighted by atomic mass is 10.1. The van der Waals surface area contributed by atoms with Crippen molar-refractivity contribution in [1.29, 1.82) is 0 Å². The number of carbonyl (C=O) groups is 1. The van der Waals surface area contributed by atoms with Crippen LogP contribution in [0.1, 0.15) is 15.9 Å². The monoisotopic (exact) mass is 263 g/mol. The van der Waals surface area contributed by atoms with Gasteiger partial charge in [-0.3, -0.25) is 9.59 Å². The molecule has 0 aliphatic rings. The summed E-state index contributed by atoms with van der Waals surface area (Å²) in [6.45, 7) is 0.464. The van der Waals surface area contributed by atoms with Gasteiger partial charge in [-0.25, -0.2) is 0 Å². The molecule has 0 unspecified atom stereocenters. The molecule has 0 aliphatic heterocycles. The molecule has 0 amide bonds. The maximum atomic E-state index is 12.4. The number of nitrogens with zero attached hydrogens (tertiary/aromatic N) is 1. The van der Waals surface area contributed by atoms with E-state index >= 15 is 0 Å². The minimum absolute atomic E-state index is 0.0740. The molecule has 0 aliphatic carbocycles. The van der Waals surface area contributed by atoms with E-state index in [0.29, 0.717) is 22.9 Å². The lowest BCUT2D eigenvalue weighted by Crippen LogP contribution is -2.21. The number of pyridine rings is 1. The lowest BCUT2D eigenvalue weighted by Gasteiger charge is -2.09. The molecule has 3 heteroatoms. The predicted octanol–water partition coefficient (Wildman–Crippen LogP) is 2.86. The van der Waals surface area contributed by atoms with Gasteiger partial charge in [0.2, 0.25) is 0 Å². The van der Waals surface area contributed by atoms with Crippen LogP contribution in [0.5, 0.6) is 0 Å². The van der Waals surface area contributed by atoms with Crippen molar-refractivity contribution in [2.45, 2.75) is 6.54 Å². The summed E-state index contributed by atoms with van der Waals surface area (Å²) in [4.78, 5) is 23.7. The molecule has 3 aromatic rings. The molecule has 3 nitrogen and oxygen atoms in total. The van der Waals surface area contributed by atoms with Crippen LogP contribution in [0.2, 0.25) is 0 Å². The van der Waals surface area contributed by atoms with E-state index in [9.17, 15) is 9.59 Å². The van der Waals surface area contributed by atoms with Gasteiger partial charge in [0.25, 0.3) is 5.56 Å². The molecule has 0 N–H and O–H groups in total. The van der Waals surface area contributed by atoms with E-state index in [0.717, 1.165) is 11.8 Å². The summed E-state index contributed by atoms with van der Waals surface area (Å²) in [5.41, 5.74) is 1.49. The first-order chi connectivity index (χ1) is 9.79. The average Bonchev–Trinajstić information content (AvgIpc) is 2.51. The van der Waals surface area contributed by atoms with Crippen LogP contribution in [0.4, 0.5) is 0 Å². The number of benzene rings is 2. The predicted molar refractivity (Wildman–Crippen MR) is 79.1 cm³/mol. The third kappa shape index (κ3) is 2.14. The molecule has 0 atom stereocenters. The zero-order chi connectivity index (χ0) is 13.9. The van der Waals surface area contributed by atoms with Crippen molar-refractivity contribution in [3.8, 4) is 0 Å². The highest BCUT2D eigenvalue weighted by atomic mass is 16.1. The third-order valence-electron chi connectivity index (χ3n) is 3.35. The second-order valence-electron chi connectivity index (χ2n) is 4.67. The van der Waals surface area contributed by atoms with Gasteiger partial charge in [-0.2, -0.15) is 0 Å². The molecule has 0 saturated carbocycles. The van der Waals surface area contributed by atoms with Crippen molar-refractivity contribution in [1.82, 2.24) is 4.57 Å². The average molecular weight is 263 g/mol. The molecule has 2 aromatic carbocycles. The van der Waals surface area contributed by atoms with Crippen molar-refractivity contribution < 1.29 is 4.79 Å². The Morgan fingerprint density at radius 1 is 0.900 bits per heavy atom. The van der Waals surface area contributed by atoms with E-state index in [1.54, 1.807) is 22.9 Å². The molecule has 1 heterocycles. The van der Waals surface area contributed by atoms with Gasteiger partial charge in [-0.05, 0) is 17.0 Å². The fourth-order valence-electron chi connectivity index (χ4n) is 2.36. The maximum Gasteiger partial charge on any atom is 0.258 e. The Balaban J connectivity index is 2.19. The van der Waals surface area contributed by atoms with Crippen LogP contribution in [0.3, 0.4) is 0 Å². The van der Waals surface area contributed by atoms with Crippen molar-refractivity contribution >= 4 is 17.1 Å². The first kappa shape index (κ1) is 12.4. The largest absolute Gasteiger partial charge is 0.310 e. The quantitative estimate of drug-likeness (QED) is 0.682. The second kappa shape index (κ2) is 5.13. The van der Waals surface area contributed by atoms with Crippen molar-refractivity contribution in [3.63, 3.8) is 0 Å². The molecule has 0 fully saturated rings. The van der Waals surface area contributed by atoms with Gasteiger partial charge in [0, 0.05) is 17.1 Å². The first-order valence-electron chi connectivity index (χ1n) is 6.41. The Hall–Kier alpha value is -2.68. The van der Waals surface area contributed by atoms with E-state index in [-0.39, 0.29) is 5.56 Å². The fourth-order valence-corrected chi connectivity index (χ4v) is 2.36. The summed E-state index contributed by atoms with van der Waals surface area (Å²) in [6.07, 6.45) is 2.42. The molecule has 0 radical (unpaired) electrons. The van der Waals surface area contributed by atoms with Gasteiger partial charge >= 0.3 is 0 Å². The van der Waals surface area contributed by atoms with Gasteiger partial charge in [-0.1, -0.05) is 48.5 Å². The molecule has 0 spiro atoms. The van der Waals surface area contributed by atoms with Gasteiger partial charge in [-0.15, -0.1) is 0 Å². The SMILES string of the molecule is O=Cc1cn(Cc2ccccc2)c(=O)c2ccccc12. The van der Waals surface area contributed by atoms with Crippen LogP contribution in [0.25, 0.3) is 10.8 Å². The molecule has 98 valence electrons. The Bertz CT molecular complexity index is 819. The van der Waals surface area contributed by atoms with E-state index in [2.05, 4.69) is 0 Å². The number of aldehydes is 1. The van der Waals surface area contributed by atoms with Crippen LogP contribution in [0.15, 0.2) is 65.6 Å². The molecular formula is C17H13NO2. The first-order valence-corrected chi connectivity index (χ1v) is 6.41. The number of aromatic nitrogens is 1. The maximum absolute atomic E-state index is 12.4. The van der Waals surface area contributed by atoms with Gasteiger partial charge in [0.15, 0.2) is 6.29 Å². The molecule has 3 rings (SSSR count). The number of hydrogen-bond donors (Lipinski definition) is 0. The minimum atomic E-state index is -0.0740. The van der Waals surface area contributed by atoms with E-state index < -0.39 is 0 Å². The van der Waals surface area contributed by atoms with Crippen molar-refractivity contribution in [3.05, 3.63) is 82.3 Å². The van der Waals surface area contributed by atoms with Crippen LogP contribution < -0.4 is 5.56 Å². The Morgan fingerprint density at radius 3 is 2.25 bits per heavy atom. The molecule has 0 bridgehead atoms. The van der Waals surface area contributed by atoms with E-state index in [1.165, 1.54) is 0 Å². The summed E-state index contributed by atoms with van der Waals surface area (Å²) >= 11 is 0. The fraction of sp³-hybridized carbons (Fsp3) is 0.0588.